The number of benzene rings is 2. The van der Waals surface area contributed by atoms with Crippen LogP contribution in [0.1, 0.15) is 30.4 Å². The molecule has 1 heterocycles. The molecule has 0 unspecified atom stereocenters. The third-order valence-corrected chi connectivity index (χ3v) is 5.80. The zero-order chi connectivity index (χ0) is 20.2. The second-order valence-electron chi connectivity index (χ2n) is 8.17. The van der Waals surface area contributed by atoms with Crippen molar-refractivity contribution in [3.8, 4) is 0 Å². The molecule has 4 rings (SSSR count). The number of nitrogens with one attached hydrogen (secondary N) is 1. The van der Waals surface area contributed by atoms with E-state index in [4.69, 9.17) is 0 Å². The second-order valence-corrected chi connectivity index (χ2v) is 8.17. The predicted octanol–water partition coefficient (Wildman–Crippen LogP) is 3.62. The van der Waals surface area contributed by atoms with E-state index in [9.17, 15) is 9.59 Å². The van der Waals surface area contributed by atoms with Gasteiger partial charge in [-0.25, -0.2) is 0 Å². The van der Waals surface area contributed by atoms with E-state index in [2.05, 4.69) is 41.4 Å². The molecule has 2 fully saturated rings. The summed E-state index contributed by atoms with van der Waals surface area (Å²) < 4.78 is 0. The minimum atomic E-state index is 0.0329. The Morgan fingerprint density at radius 1 is 0.931 bits per heavy atom. The van der Waals surface area contributed by atoms with Gasteiger partial charge in [0, 0.05) is 49.9 Å². The van der Waals surface area contributed by atoms with Crippen LogP contribution in [-0.4, -0.2) is 42.9 Å². The van der Waals surface area contributed by atoms with Gasteiger partial charge in [-0.1, -0.05) is 29.8 Å². The molecule has 1 aliphatic heterocycles. The summed E-state index contributed by atoms with van der Waals surface area (Å²) in [5.74, 6) is 0.675. The first-order valence-electron chi connectivity index (χ1n) is 10.6. The number of anilines is 2. The Kier molecular flexibility index (Phi) is 5.84. The molecule has 1 saturated carbocycles. The standard InChI is InChI=1S/C24H29N3O2/c1-18-2-4-19(5-3-18)6-13-23(28)25-21-9-11-22(12-10-21)26-14-16-27(17-15-26)24(29)20-7-8-20/h2-5,9-12,20H,6-8,13-17H2,1H3,(H,25,28). The molecular weight excluding hydrogens is 362 g/mol. The molecule has 1 N–H and O–H groups in total. The molecule has 1 saturated heterocycles. The summed E-state index contributed by atoms with van der Waals surface area (Å²) in [6.45, 7) is 5.38. The Balaban J connectivity index is 1.24. The highest BCUT2D eigenvalue weighted by atomic mass is 16.2. The minimum Gasteiger partial charge on any atom is -0.368 e. The number of piperazine rings is 1. The van der Waals surface area contributed by atoms with Crippen molar-refractivity contribution < 1.29 is 9.59 Å². The monoisotopic (exact) mass is 391 g/mol. The lowest BCUT2D eigenvalue weighted by Crippen LogP contribution is -2.49. The molecule has 1 aliphatic carbocycles. The largest absolute Gasteiger partial charge is 0.368 e. The maximum absolute atomic E-state index is 12.2. The van der Waals surface area contributed by atoms with Gasteiger partial charge in [-0.15, -0.1) is 0 Å². The summed E-state index contributed by atoms with van der Waals surface area (Å²) in [5, 5.41) is 2.98. The zero-order valence-electron chi connectivity index (χ0n) is 17.1. The van der Waals surface area contributed by atoms with E-state index in [0.717, 1.165) is 56.8 Å². The van der Waals surface area contributed by atoms with E-state index in [0.29, 0.717) is 18.2 Å². The molecule has 0 atom stereocenters. The number of rotatable bonds is 6. The predicted molar refractivity (Wildman–Crippen MR) is 116 cm³/mol. The average molecular weight is 392 g/mol. The first-order chi connectivity index (χ1) is 14.1. The lowest BCUT2D eigenvalue weighted by molar-refractivity contribution is -0.132. The molecule has 5 heteroatoms. The molecule has 2 aromatic carbocycles. The number of nitrogens with zero attached hydrogens (tertiary/aromatic N) is 2. The minimum absolute atomic E-state index is 0.0329. The van der Waals surface area contributed by atoms with Crippen LogP contribution >= 0.6 is 0 Å². The molecule has 2 aromatic rings. The number of hydrogen-bond donors (Lipinski definition) is 1. The van der Waals surface area contributed by atoms with Crippen LogP contribution in [0.2, 0.25) is 0 Å². The first kappa shape index (κ1) is 19.5. The highest BCUT2D eigenvalue weighted by molar-refractivity contribution is 5.91. The summed E-state index contributed by atoms with van der Waals surface area (Å²) in [4.78, 5) is 28.7. The van der Waals surface area contributed by atoms with E-state index in [1.807, 2.05) is 29.2 Å². The average Bonchev–Trinajstić information content (AvgIpc) is 3.59. The van der Waals surface area contributed by atoms with Crippen LogP contribution in [0.25, 0.3) is 0 Å². The van der Waals surface area contributed by atoms with E-state index in [1.54, 1.807) is 0 Å². The summed E-state index contributed by atoms with van der Waals surface area (Å²) in [7, 11) is 0. The maximum Gasteiger partial charge on any atom is 0.225 e. The van der Waals surface area contributed by atoms with Gasteiger partial charge in [0.25, 0.3) is 0 Å². The second kappa shape index (κ2) is 8.68. The molecule has 29 heavy (non-hydrogen) atoms. The Hall–Kier alpha value is -2.82. The van der Waals surface area contributed by atoms with Crippen molar-refractivity contribution in [1.82, 2.24) is 4.90 Å². The maximum atomic E-state index is 12.2. The Morgan fingerprint density at radius 2 is 1.59 bits per heavy atom. The van der Waals surface area contributed by atoms with Crippen molar-refractivity contribution >= 4 is 23.2 Å². The number of amides is 2. The van der Waals surface area contributed by atoms with Crippen LogP contribution in [-0.2, 0) is 16.0 Å². The fraction of sp³-hybridized carbons (Fsp3) is 0.417. The molecule has 5 nitrogen and oxygen atoms in total. The summed E-state index contributed by atoms with van der Waals surface area (Å²) in [6.07, 6.45) is 3.35. The van der Waals surface area contributed by atoms with Gasteiger partial charge in [0.2, 0.25) is 11.8 Å². The van der Waals surface area contributed by atoms with Gasteiger partial charge in [-0.3, -0.25) is 9.59 Å². The van der Waals surface area contributed by atoms with Crippen LogP contribution in [0, 0.1) is 12.8 Å². The van der Waals surface area contributed by atoms with E-state index >= 15 is 0 Å². The molecular formula is C24H29N3O2. The Morgan fingerprint density at radius 3 is 2.21 bits per heavy atom. The fourth-order valence-corrected chi connectivity index (χ4v) is 3.77. The van der Waals surface area contributed by atoms with Gasteiger partial charge in [0.15, 0.2) is 0 Å². The van der Waals surface area contributed by atoms with Gasteiger partial charge in [-0.2, -0.15) is 0 Å². The number of hydrogen-bond acceptors (Lipinski definition) is 3. The molecule has 0 spiro atoms. The smallest absolute Gasteiger partial charge is 0.225 e. The van der Waals surface area contributed by atoms with Crippen molar-refractivity contribution in [3.05, 3.63) is 59.7 Å². The quantitative estimate of drug-likeness (QED) is 0.818. The topological polar surface area (TPSA) is 52.7 Å². The van der Waals surface area contributed by atoms with Gasteiger partial charge in [0.05, 0.1) is 0 Å². The molecule has 0 bridgehead atoms. The van der Waals surface area contributed by atoms with Crippen molar-refractivity contribution in [2.75, 3.05) is 36.4 Å². The Bertz CT molecular complexity index is 849. The molecule has 0 aromatic heterocycles. The Labute approximate surface area is 172 Å². The summed E-state index contributed by atoms with van der Waals surface area (Å²) in [6, 6.07) is 16.3. The van der Waals surface area contributed by atoms with Crippen molar-refractivity contribution in [2.24, 2.45) is 5.92 Å². The number of carbonyl (C=O) groups excluding carboxylic acids is 2. The third kappa shape index (κ3) is 5.17. The lowest BCUT2D eigenvalue weighted by Gasteiger charge is -2.36. The lowest BCUT2D eigenvalue weighted by atomic mass is 10.1. The van der Waals surface area contributed by atoms with Crippen molar-refractivity contribution in [2.45, 2.75) is 32.6 Å². The van der Waals surface area contributed by atoms with Crippen LogP contribution < -0.4 is 10.2 Å². The van der Waals surface area contributed by atoms with Gasteiger partial charge < -0.3 is 15.1 Å². The SMILES string of the molecule is Cc1ccc(CCC(=O)Nc2ccc(N3CCN(C(=O)C4CC4)CC3)cc2)cc1. The van der Waals surface area contributed by atoms with Crippen LogP contribution in [0.5, 0.6) is 0 Å². The van der Waals surface area contributed by atoms with Crippen molar-refractivity contribution in [1.29, 1.82) is 0 Å². The fourth-order valence-electron chi connectivity index (χ4n) is 3.77. The van der Waals surface area contributed by atoms with Crippen LogP contribution in [0.3, 0.4) is 0 Å². The van der Waals surface area contributed by atoms with Crippen LogP contribution in [0.4, 0.5) is 11.4 Å². The highest BCUT2D eigenvalue weighted by Gasteiger charge is 2.34. The molecule has 0 radical (unpaired) electrons. The van der Waals surface area contributed by atoms with Crippen LogP contribution in [0.15, 0.2) is 48.5 Å². The van der Waals surface area contributed by atoms with Crippen molar-refractivity contribution in [3.63, 3.8) is 0 Å². The van der Waals surface area contributed by atoms with Gasteiger partial charge in [-0.05, 0) is 56.0 Å². The molecule has 2 aliphatic rings. The number of carbonyl (C=O) groups is 2. The first-order valence-corrected chi connectivity index (χ1v) is 10.6. The summed E-state index contributed by atoms with van der Waals surface area (Å²) in [5.41, 5.74) is 4.38. The van der Waals surface area contributed by atoms with E-state index in [-0.39, 0.29) is 5.91 Å². The molecule has 152 valence electrons. The highest BCUT2D eigenvalue weighted by Crippen LogP contribution is 2.31. The normalized spacial score (nSPS) is 16.6. The van der Waals surface area contributed by atoms with Gasteiger partial charge >= 0.3 is 0 Å². The van der Waals surface area contributed by atoms with E-state index in [1.165, 1.54) is 11.1 Å². The third-order valence-electron chi connectivity index (χ3n) is 5.80. The van der Waals surface area contributed by atoms with E-state index < -0.39 is 0 Å². The molecule has 2 amide bonds. The van der Waals surface area contributed by atoms with Gasteiger partial charge in [0.1, 0.15) is 0 Å². The summed E-state index contributed by atoms with van der Waals surface area (Å²) >= 11 is 0. The zero-order valence-corrected chi connectivity index (χ0v) is 17.1. The number of aryl methyl sites for hydroxylation is 2.